The van der Waals surface area contributed by atoms with Crippen LogP contribution in [0.3, 0.4) is 0 Å². The lowest BCUT2D eigenvalue weighted by molar-refractivity contribution is 0.239. The van der Waals surface area contributed by atoms with Crippen LogP contribution in [0, 0.1) is 12.8 Å². The number of nitrogens with zero attached hydrogens (tertiary/aromatic N) is 4. The minimum absolute atomic E-state index is 0.771. The van der Waals surface area contributed by atoms with Gasteiger partial charge in [0.15, 0.2) is 5.65 Å². The van der Waals surface area contributed by atoms with Gasteiger partial charge in [-0.15, -0.1) is 0 Å². The molecule has 0 radical (unpaired) electrons. The third-order valence-corrected chi connectivity index (χ3v) is 4.36. The standard InChI is InChI=1S/C17H26N4/c1-12(2)7-8-21(15-5-6-15)11-14-9-16-13(3)19-20(4)17(16)18-10-14/h9-10,12,15H,5-8,11H2,1-4H3. The zero-order chi connectivity index (χ0) is 15.0. The molecule has 0 N–H and O–H groups in total. The second-order valence-electron chi connectivity index (χ2n) is 6.81. The summed E-state index contributed by atoms with van der Waals surface area (Å²) in [4.78, 5) is 7.24. The van der Waals surface area contributed by atoms with E-state index < -0.39 is 0 Å². The first-order chi connectivity index (χ1) is 10.0. The van der Waals surface area contributed by atoms with Crippen LogP contribution in [-0.2, 0) is 13.6 Å². The first-order valence-electron chi connectivity index (χ1n) is 8.07. The van der Waals surface area contributed by atoms with Crippen molar-refractivity contribution in [2.45, 2.75) is 52.6 Å². The van der Waals surface area contributed by atoms with Crippen molar-refractivity contribution in [1.29, 1.82) is 0 Å². The molecule has 3 rings (SSSR count). The van der Waals surface area contributed by atoms with E-state index >= 15 is 0 Å². The summed E-state index contributed by atoms with van der Waals surface area (Å²) >= 11 is 0. The molecule has 0 amide bonds. The fourth-order valence-electron chi connectivity index (χ4n) is 2.93. The van der Waals surface area contributed by atoms with Crippen LogP contribution in [0.15, 0.2) is 12.3 Å². The van der Waals surface area contributed by atoms with Gasteiger partial charge in [0, 0.05) is 31.2 Å². The van der Waals surface area contributed by atoms with Crippen LogP contribution >= 0.6 is 0 Å². The van der Waals surface area contributed by atoms with Gasteiger partial charge >= 0.3 is 0 Å². The van der Waals surface area contributed by atoms with Crippen LogP contribution in [0.1, 0.15) is 44.4 Å². The molecule has 114 valence electrons. The Hall–Kier alpha value is -1.42. The minimum atomic E-state index is 0.771. The van der Waals surface area contributed by atoms with Crippen molar-refractivity contribution < 1.29 is 0 Å². The summed E-state index contributed by atoms with van der Waals surface area (Å²) in [5.41, 5.74) is 3.37. The van der Waals surface area contributed by atoms with Gasteiger partial charge in [-0.3, -0.25) is 9.58 Å². The van der Waals surface area contributed by atoms with Crippen LogP contribution in [-0.4, -0.2) is 32.3 Å². The summed E-state index contributed by atoms with van der Waals surface area (Å²) in [6.07, 6.45) is 6.02. The number of fused-ring (bicyclic) bond motifs is 1. The smallest absolute Gasteiger partial charge is 0.157 e. The monoisotopic (exact) mass is 286 g/mol. The zero-order valence-electron chi connectivity index (χ0n) is 13.6. The predicted molar refractivity (Wildman–Crippen MR) is 86.1 cm³/mol. The van der Waals surface area contributed by atoms with Gasteiger partial charge in [0.1, 0.15) is 0 Å². The van der Waals surface area contributed by atoms with Crippen LogP contribution in [0.25, 0.3) is 11.0 Å². The maximum absolute atomic E-state index is 4.60. The first kappa shape index (κ1) is 14.5. The zero-order valence-corrected chi connectivity index (χ0v) is 13.6. The van der Waals surface area contributed by atoms with Gasteiger partial charge in [-0.05, 0) is 50.3 Å². The van der Waals surface area contributed by atoms with Gasteiger partial charge in [-0.25, -0.2) is 4.98 Å². The number of hydrogen-bond acceptors (Lipinski definition) is 3. The van der Waals surface area contributed by atoms with Gasteiger partial charge < -0.3 is 0 Å². The molecule has 0 atom stereocenters. The molecule has 0 aromatic carbocycles. The average molecular weight is 286 g/mol. The van der Waals surface area contributed by atoms with E-state index in [0.29, 0.717) is 0 Å². The first-order valence-corrected chi connectivity index (χ1v) is 8.07. The second kappa shape index (κ2) is 5.76. The molecule has 2 heterocycles. The Kier molecular flexibility index (Phi) is 3.98. The maximum atomic E-state index is 4.60. The Labute approximate surface area is 127 Å². The van der Waals surface area contributed by atoms with E-state index in [4.69, 9.17) is 0 Å². The summed E-state index contributed by atoms with van der Waals surface area (Å²) in [5, 5.41) is 5.65. The highest BCUT2D eigenvalue weighted by Gasteiger charge is 2.28. The van der Waals surface area contributed by atoms with Gasteiger partial charge in [0.05, 0.1) is 5.69 Å². The normalized spacial score (nSPS) is 15.5. The highest BCUT2D eigenvalue weighted by molar-refractivity contribution is 5.78. The summed E-state index contributed by atoms with van der Waals surface area (Å²) in [6, 6.07) is 3.07. The Morgan fingerprint density at radius 1 is 1.38 bits per heavy atom. The van der Waals surface area contributed by atoms with Crippen molar-refractivity contribution >= 4 is 11.0 Å². The molecule has 4 nitrogen and oxygen atoms in total. The molecule has 0 aliphatic heterocycles. The summed E-state index contributed by atoms with van der Waals surface area (Å²) in [7, 11) is 1.96. The van der Waals surface area contributed by atoms with Crippen molar-refractivity contribution in [2.24, 2.45) is 13.0 Å². The fraction of sp³-hybridized carbons (Fsp3) is 0.647. The number of pyridine rings is 1. The van der Waals surface area contributed by atoms with E-state index in [9.17, 15) is 0 Å². The van der Waals surface area contributed by atoms with Crippen molar-refractivity contribution in [1.82, 2.24) is 19.7 Å². The minimum Gasteiger partial charge on any atom is -0.296 e. The molecule has 0 unspecified atom stereocenters. The molecule has 0 spiro atoms. The molecule has 21 heavy (non-hydrogen) atoms. The van der Waals surface area contributed by atoms with Crippen LogP contribution < -0.4 is 0 Å². The molecule has 2 aromatic heterocycles. The second-order valence-corrected chi connectivity index (χ2v) is 6.81. The number of hydrogen-bond donors (Lipinski definition) is 0. The number of aromatic nitrogens is 3. The lowest BCUT2D eigenvalue weighted by Crippen LogP contribution is -2.27. The van der Waals surface area contributed by atoms with Gasteiger partial charge in [-0.2, -0.15) is 5.10 Å². The van der Waals surface area contributed by atoms with Crippen molar-refractivity contribution in [3.05, 3.63) is 23.5 Å². The Morgan fingerprint density at radius 3 is 2.81 bits per heavy atom. The van der Waals surface area contributed by atoms with Gasteiger partial charge in [-0.1, -0.05) is 13.8 Å². The van der Waals surface area contributed by atoms with E-state index in [-0.39, 0.29) is 0 Å². The lowest BCUT2D eigenvalue weighted by Gasteiger charge is -2.23. The van der Waals surface area contributed by atoms with E-state index in [2.05, 4.69) is 41.8 Å². The highest BCUT2D eigenvalue weighted by atomic mass is 15.3. The summed E-state index contributed by atoms with van der Waals surface area (Å²) in [5.74, 6) is 0.771. The Balaban J connectivity index is 1.77. The van der Waals surface area contributed by atoms with Crippen LogP contribution in [0.2, 0.25) is 0 Å². The van der Waals surface area contributed by atoms with Crippen LogP contribution in [0.4, 0.5) is 0 Å². The van der Waals surface area contributed by atoms with Crippen LogP contribution in [0.5, 0.6) is 0 Å². The Morgan fingerprint density at radius 2 is 2.14 bits per heavy atom. The molecule has 0 bridgehead atoms. The molecule has 1 saturated carbocycles. The molecular formula is C17H26N4. The molecule has 1 fully saturated rings. The lowest BCUT2D eigenvalue weighted by atomic mass is 10.1. The topological polar surface area (TPSA) is 34.0 Å². The summed E-state index contributed by atoms with van der Waals surface area (Å²) in [6.45, 7) is 8.89. The predicted octanol–water partition coefficient (Wildman–Crippen LogP) is 3.29. The molecule has 4 heteroatoms. The van der Waals surface area contributed by atoms with E-state index in [0.717, 1.165) is 29.8 Å². The van der Waals surface area contributed by atoms with Crippen molar-refractivity contribution in [3.63, 3.8) is 0 Å². The summed E-state index contributed by atoms with van der Waals surface area (Å²) < 4.78 is 1.87. The molecule has 0 saturated heterocycles. The quantitative estimate of drug-likeness (QED) is 0.817. The average Bonchev–Trinajstić information content (AvgIpc) is 3.23. The van der Waals surface area contributed by atoms with E-state index in [1.54, 1.807) is 0 Å². The molecule has 1 aliphatic rings. The number of rotatable bonds is 6. The fourth-order valence-corrected chi connectivity index (χ4v) is 2.93. The molecule has 2 aromatic rings. The molecular weight excluding hydrogens is 260 g/mol. The Bertz CT molecular complexity index is 625. The largest absolute Gasteiger partial charge is 0.296 e. The maximum Gasteiger partial charge on any atom is 0.157 e. The number of aryl methyl sites for hydroxylation is 2. The third kappa shape index (κ3) is 3.26. The van der Waals surface area contributed by atoms with Gasteiger partial charge in [0.25, 0.3) is 0 Å². The van der Waals surface area contributed by atoms with E-state index in [1.165, 1.54) is 36.8 Å². The van der Waals surface area contributed by atoms with Gasteiger partial charge in [0.2, 0.25) is 0 Å². The van der Waals surface area contributed by atoms with Crippen molar-refractivity contribution in [3.8, 4) is 0 Å². The molecule has 1 aliphatic carbocycles. The van der Waals surface area contributed by atoms with E-state index in [1.807, 2.05) is 17.9 Å². The third-order valence-electron chi connectivity index (χ3n) is 4.36. The SMILES string of the molecule is Cc1nn(C)c2ncc(CN(CCC(C)C)C3CC3)cc12. The highest BCUT2D eigenvalue weighted by Crippen LogP contribution is 2.29. The van der Waals surface area contributed by atoms with Crippen molar-refractivity contribution in [2.75, 3.05) is 6.54 Å².